The number of carboxylic acid groups (broad SMARTS) is 1. The highest BCUT2D eigenvalue weighted by Crippen LogP contribution is 2.35. The number of carboxylic acids is 1. The molecule has 0 aromatic heterocycles. The monoisotopic (exact) mass is 459 g/mol. The van der Waals surface area contributed by atoms with Crippen molar-refractivity contribution in [1.29, 1.82) is 0 Å². The van der Waals surface area contributed by atoms with Crippen LogP contribution in [0.2, 0.25) is 0 Å². The highest BCUT2D eigenvalue weighted by molar-refractivity contribution is 9.11. The first-order chi connectivity index (χ1) is 11.4. The summed E-state index contributed by atoms with van der Waals surface area (Å²) in [6, 6.07) is 8.07. The molecule has 2 aromatic rings. The van der Waals surface area contributed by atoms with Crippen LogP contribution in [0.4, 0.5) is 10.1 Å². The van der Waals surface area contributed by atoms with Gasteiger partial charge in [0.15, 0.2) is 0 Å². The number of benzene rings is 2. The van der Waals surface area contributed by atoms with E-state index >= 15 is 0 Å². The van der Waals surface area contributed by atoms with Crippen LogP contribution in [-0.4, -0.2) is 17.6 Å². The summed E-state index contributed by atoms with van der Waals surface area (Å²) in [7, 11) is 0. The fraction of sp³-hybridized carbons (Fsp3) is 0.235. The molecule has 2 aromatic carbocycles. The summed E-state index contributed by atoms with van der Waals surface area (Å²) in [6.45, 7) is 2.82. The molecule has 24 heavy (non-hydrogen) atoms. The lowest BCUT2D eigenvalue weighted by atomic mass is 10.1. The minimum Gasteiger partial charge on any atom is -0.487 e. The number of aliphatic carboxylic acids is 1. The Hall–Kier alpha value is -1.60. The molecule has 0 fully saturated rings. The smallest absolute Gasteiger partial charge is 0.307 e. The molecule has 2 N–H and O–H groups in total. The van der Waals surface area contributed by atoms with E-state index in [2.05, 4.69) is 37.2 Å². The van der Waals surface area contributed by atoms with E-state index in [9.17, 15) is 9.18 Å². The van der Waals surface area contributed by atoms with Crippen molar-refractivity contribution in [2.75, 3.05) is 11.9 Å². The Morgan fingerprint density at radius 3 is 2.42 bits per heavy atom. The molecular weight excluding hydrogens is 445 g/mol. The third-order valence-corrected chi connectivity index (χ3v) is 4.31. The van der Waals surface area contributed by atoms with Crippen LogP contribution >= 0.6 is 31.9 Å². The van der Waals surface area contributed by atoms with Gasteiger partial charge in [-0.2, -0.15) is 0 Å². The highest BCUT2D eigenvalue weighted by Gasteiger charge is 2.12. The summed E-state index contributed by atoms with van der Waals surface area (Å²) in [5.41, 5.74) is 2.04. The zero-order valence-corrected chi connectivity index (χ0v) is 16.1. The van der Waals surface area contributed by atoms with Gasteiger partial charge in [0.2, 0.25) is 0 Å². The van der Waals surface area contributed by atoms with Gasteiger partial charge in [-0.1, -0.05) is 0 Å². The average Bonchev–Trinajstić information content (AvgIpc) is 2.45. The quantitative estimate of drug-likeness (QED) is 0.611. The average molecular weight is 461 g/mol. The fourth-order valence-electron chi connectivity index (χ4n) is 2.22. The van der Waals surface area contributed by atoms with Crippen molar-refractivity contribution in [1.82, 2.24) is 0 Å². The van der Waals surface area contributed by atoms with Crippen LogP contribution in [0.3, 0.4) is 0 Å². The van der Waals surface area contributed by atoms with Gasteiger partial charge < -0.3 is 15.2 Å². The molecule has 0 radical (unpaired) electrons. The summed E-state index contributed by atoms with van der Waals surface area (Å²) in [5.74, 6) is -0.696. The molecule has 0 amide bonds. The maximum atomic E-state index is 13.6. The number of ether oxygens (including phenoxy) is 1. The first kappa shape index (κ1) is 18.7. The number of nitrogens with one attached hydrogen (secondary N) is 1. The molecular formula is C17H16Br2FNO3. The standard InChI is InChI=1S/C17H16Br2FNO3/c1-2-21-13-4-11(3-12(20)8-13)9-24-17-14(18)5-10(6-15(17)19)7-16(22)23/h3-6,8,21H,2,7,9H2,1H3,(H,22,23). The molecule has 0 spiro atoms. The van der Waals surface area contributed by atoms with E-state index < -0.39 is 5.97 Å². The number of anilines is 1. The Morgan fingerprint density at radius 2 is 1.83 bits per heavy atom. The van der Waals surface area contributed by atoms with Crippen LogP contribution < -0.4 is 10.1 Å². The van der Waals surface area contributed by atoms with Gasteiger partial charge in [-0.05, 0) is 80.2 Å². The van der Waals surface area contributed by atoms with Crippen molar-refractivity contribution in [3.63, 3.8) is 0 Å². The molecule has 0 bridgehead atoms. The van der Waals surface area contributed by atoms with Crippen molar-refractivity contribution in [2.24, 2.45) is 0 Å². The minimum absolute atomic E-state index is 0.0760. The van der Waals surface area contributed by atoms with Gasteiger partial charge in [0, 0.05) is 12.2 Å². The minimum atomic E-state index is -0.904. The second-order valence-electron chi connectivity index (χ2n) is 5.13. The lowest BCUT2D eigenvalue weighted by molar-refractivity contribution is -0.136. The van der Waals surface area contributed by atoms with E-state index in [4.69, 9.17) is 9.84 Å². The van der Waals surface area contributed by atoms with Crippen LogP contribution in [0.1, 0.15) is 18.1 Å². The zero-order valence-electron chi connectivity index (χ0n) is 12.9. The molecule has 128 valence electrons. The zero-order chi connectivity index (χ0) is 17.7. The van der Waals surface area contributed by atoms with Crippen molar-refractivity contribution >= 4 is 43.5 Å². The predicted octanol–water partition coefficient (Wildman–Crippen LogP) is 4.99. The van der Waals surface area contributed by atoms with E-state index in [1.54, 1.807) is 12.1 Å². The summed E-state index contributed by atoms with van der Waals surface area (Å²) < 4.78 is 20.7. The van der Waals surface area contributed by atoms with Gasteiger partial charge >= 0.3 is 5.97 Å². The van der Waals surface area contributed by atoms with Gasteiger partial charge in [-0.25, -0.2) is 4.39 Å². The molecule has 0 atom stereocenters. The molecule has 4 nitrogen and oxygen atoms in total. The number of carbonyl (C=O) groups is 1. The van der Waals surface area contributed by atoms with Crippen LogP contribution in [-0.2, 0) is 17.8 Å². The highest BCUT2D eigenvalue weighted by atomic mass is 79.9. The SMILES string of the molecule is CCNc1cc(F)cc(COc2c(Br)cc(CC(=O)O)cc2Br)c1. The Kier molecular flexibility index (Phi) is 6.62. The van der Waals surface area contributed by atoms with Crippen molar-refractivity contribution < 1.29 is 19.0 Å². The van der Waals surface area contributed by atoms with E-state index in [0.717, 1.165) is 0 Å². The number of halogens is 3. The van der Waals surface area contributed by atoms with Crippen LogP contribution in [0.25, 0.3) is 0 Å². The van der Waals surface area contributed by atoms with E-state index in [-0.39, 0.29) is 18.8 Å². The summed E-state index contributed by atoms with van der Waals surface area (Å²) in [6.07, 6.45) is -0.0760. The summed E-state index contributed by atoms with van der Waals surface area (Å²) >= 11 is 6.76. The van der Waals surface area contributed by atoms with Crippen molar-refractivity contribution in [3.05, 3.63) is 56.2 Å². The van der Waals surface area contributed by atoms with Crippen LogP contribution in [0.5, 0.6) is 5.75 Å². The Labute approximate surface area is 156 Å². The maximum absolute atomic E-state index is 13.6. The molecule has 7 heteroatoms. The number of hydrogen-bond acceptors (Lipinski definition) is 3. The molecule has 0 aliphatic rings. The molecule has 0 saturated carbocycles. The lowest BCUT2D eigenvalue weighted by Gasteiger charge is -2.13. The summed E-state index contributed by atoms with van der Waals surface area (Å²) in [4.78, 5) is 10.8. The van der Waals surface area contributed by atoms with Crippen LogP contribution in [0.15, 0.2) is 39.3 Å². The van der Waals surface area contributed by atoms with E-state index in [1.807, 2.05) is 13.0 Å². The second kappa shape index (κ2) is 8.48. The second-order valence-corrected chi connectivity index (χ2v) is 6.83. The summed E-state index contributed by atoms with van der Waals surface area (Å²) in [5, 5.41) is 11.9. The Bertz CT molecular complexity index is 730. The number of rotatable bonds is 7. The topological polar surface area (TPSA) is 58.6 Å². The molecule has 0 saturated heterocycles. The maximum Gasteiger partial charge on any atom is 0.307 e. The van der Waals surface area contributed by atoms with Gasteiger partial charge in [-0.3, -0.25) is 4.79 Å². The normalized spacial score (nSPS) is 10.5. The third kappa shape index (κ3) is 5.21. The Balaban J connectivity index is 2.16. The molecule has 0 aliphatic heterocycles. The largest absolute Gasteiger partial charge is 0.487 e. The molecule has 0 heterocycles. The van der Waals surface area contributed by atoms with Gasteiger partial charge in [0.1, 0.15) is 18.2 Å². The predicted molar refractivity (Wildman–Crippen MR) is 98.1 cm³/mol. The molecule has 2 rings (SSSR count). The first-order valence-electron chi connectivity index (χ1n) is 7.25. The molecule has 0 unspecified atom stereocenters. The number of hydrogen-bond donors (Lipinski definition) is 2. The first-order valence-corrected chi connectivity index (χ1v) is 8.83. The molecule has 0 aliphatic carbocycles. The third-order valence-electron chi connectivity index (χ3n) is 3.14. The van der Waals surface area contributed by atoms with Crippen LogP contribution in [0, 0.1) is 5.82 Å². The van der Waals surface area contributed by atoms with E-state index in [1.165, 1.54) is 12.1 Å². The van der Waals surface area contributed by atoms with Gasteiger partial charge in [0.05, 0.1) is 15.4 Å². The Morgan fingerprint density at radius 1 is 1.17 bits per heavy atom. The fourth-order valence-corrected chi connectivity index (χ4v) is 3.73. The van der Waals surface area contributed by atoms with Gasteiger partial charge in [-0.15, -0.1) is 0 Å². The van der Waals surface area contributed by atoms with Crippen molar-refractivity contribution in [3.8, 4) is 5.75 Å². The van der Waals surface area contributed by atoms with E-state index in [0.29, 0.717) is 38.1 Å². The van der Waals surface area contributed by atoms with Gasteiger partial charge in [0.25, 0.3) is 0 Å². The lowest BCUT2D eigenvalue weighted by Crippen LogP contribution is -2.03. The van der Waals surface area contributed by atoms with Crippen molar-refractivity contribution in [2.45, 2.75) is 20.0 Å².